The van der Waals surface area contributed by atoms with Gasteiger partial charge >= 0.3 is 0 Å². The van der Waals surface area contributed by atoms with E-state index in [4.69, 9.17) is 0 Å². The summed E-state index contributed by atoms with van der Waals surface area (Å²) < 4.78 is 1.84. The molecule has 0 aromatic carbocycles. The Morgan fingerprint density at radius 3 is 2.95 bits per heavy atom. The number of imidazole rings is 1. The topological polar surface area (TPSA) is 66.6 Å². The van der Waals surface area contributed by atoms with E-state index in [-0.39, 0.29) is 18.1 Å². The van der Waals surface area contributed by atoms with Crippen LogP contribution < -0.4 is 5.32 Å². The predicted molar refractivity (Wildman–Crippen MR) is 73.5 cm³/mol. The van der Waals surface area contributed by atoms with E-state index in [0.29, 0.717) is 5.69 Å². The van der Waals surface area contributed by atoms with Crippen LogP contribution in [0.2, 0.25) is 0 Å². The van der Waals surface area contributed by atoms with Gasteiger partial charge in [-0.05, 0) is 32.6 Å². The number of hydrogen-bond donors (Lipinski definition) is 2. The number of aromatic nitrogens is 2. The Hall–Kier alpha value is -1.40. The fourth-order valence-corrected chi connectivity index (χ4v) is 3.44. The van der Waals surface area contributed by atoms with Crippen LogP contribution in [0.5, 0.6) is 0 Å². The quantitative estimate of drug-likeness (QED) is 0.880. The van der Waals surface area contributed by atoms with Crippen molar-refractivity contribution in [2.75, 3.05) is 0 Å². The lowest BCUT2D eigenvalue weighted by molar-refractivity contribution is 0.0862. The van der Waals surface area contributed by atoms with Crippen molar-refractivity contribution in [1.29, 1.82) is 0 Å². The number of amides is 1. The molecule has 19 heavy (non-hydrogen) atoms. The molecular formula is C13H17N3O2S. The summed E-state index contributed by atoms with van der Waals surface area (Å²) in [5.74, 6) is -0.0509. The van der Waals surface area contributed by atoms with Gasteiger partial charge < -0.3 is 10.4 Å². The van der Waals surface area contributed by atoms with E-state index in [2.05, 4.69) is 10.3 Å². The number of fused-ring (bicyclic) bond motifs is 1. The van der Waals surface area contributed by atoms with Crippen LogP contribution >= 0.6 is 11.3 Å². The van der Waals surface area contributed by atoms with Gasteiger partial charge in [0.25, 0.3) is 5.91 Å². The van der Waals surface area contributed by atoms with Crippen molar-refractivity contribution in [2.45, 2.75) is 44.8 Å². The first-order valence-corrected chi connectivity index (χ1v) is 7.43. The number of aliphatic hydroxyl groups excluding tert-OH is 1. The zero-order chi connectivity index (χ0) is 13.4. The molecule has 1 aliphatic carbocycles. The third-order valence-corrected chi connectivity index (χ3v) is 4.43. The van der Waals surface area contributed by atoms with Crippen LogP contribution in [0.25, 0.3) is 4.96 Å². The van der Waals surface area contributed by atoms with E-state index < -0.39 is 0 Å². The van der Waals surface area contributed by atoms with Crippen LogP contribution in [0.1, 0.15) is 41.9 Å². The monoisotopic (exact) mass is 279 g/mol. The van der Waals surface area contributed by atoms with E-state index in [9.17, 15) is 9.90 Å². The van der Waals surface area contributed by atoms with Crippen molar-refractivity contribution in [1.82, 2.24) is 14.7 Å². The molecule has 0 bridgehead atoms. The van der Waals surface area contributed by atoms with Gasteiger partial charge in [0.15, 0.2) is 4.96 Å². The average Bonchev–Trinajstić information content (AvgIpc) is 2.90. The molecule has 0 saturated heterocycles. The van der Waals surface area contributed by atoms with Gasteiger partial charge in [-0.3, -0.25) is 9.20 Å². The largest absolute Gasteiger partial charge is 0.393 e. The Bertz CT molecular complexity index is 596. The summed E-state index contributed by atoms with van der Waals surface area (Å²) in [5.41, 5.74) is 1.56. The van der Waals surface area contributed by atoms with Crippen LogP contribution in [0.4, 0.5) is 0 Å². The summed E-state index contributed by atoms with van der Waals surface area (Å²) in [6.45, 7) is 1.92. The molecule has 2 aromatic heterocycles. The minimum atomic E-state index is -0.197. The number of aryl methyl sites for hydroxylation is 1. The normalized spacial score (nSPS) is 23.7. The molecule has 3 rings (SSSR count). The first-order chi connectivity index (χ1) is 9.13. The van der Waals surface area contributed by atoms with Crippen molar-refractivity contribution in [3.63, 3.8) is 0 Å². The van der Waals surface area contributed by atoms with E-state index in [1.807, 2.05) is 22.9 Å². The molecule has 0 unspecified atom stereocenters. The number of rotatable bonds is 2. The number of nitrogens with zero attached hydrogens (tertiary/aromatic N) is 2. The van der Waals surface area contributed by atoms with Gasteiger partial charge in [0.05, 0.1) is 11.8 Å². The maximum Gasteiger partial charge on any atom is 0.269 e. The smallest absolute Gasteiger partial charge is 0.269 e. The maximum absolute atomic E-state index is 12.3. The molecule has 1 aliphatic rings. The van der Waals surface area contributed by atoms with Gasteiger partial charge in [-0.15, -0.1) is 11.3 Å². The van der Waals surface area contributed by atoms with Crippen LogP contribution in [-0.2, 0) is 0 Å². The first kappa shape index (κ1) is 12.6. The molecule has 102 valence electrons. The number of aliphatic hydroxyl groups is 1. The third-order valence-electron chi connectivity index (χ3n) is 3.59. The molecule has 2 heterocycles. The Labute approximate surface area is 115 Å². The summed E-state index contributed by atoms with van der Waals surface area (Å²) in [4.78, 5) is 17.5. The van der Waals surface area contributed by atoms with E-state index in [1.54, 1.807) is 0 Å². The molecule has 2 N–H and O–H groups in total. The van der Waals surface area contributed by atoms with E-state index in [0.717, 1.165) is 36.3 Å². The van der Waals surface area contributed by atoms with Crippen molar-refractivity contribution in [2.24, 2.45) is 0 Å². The minimum Gasteiger partial charge on any atom is -0.393 e. The number of thiazole rings is 1. The highest BCUT2D eigenvalue weighted by Gasteiger charge is 2.22. The van der Waals surface area contributed by atoms with Crippen molar-refractivity contribution >= 4 is 22.2 Å². The summed E-state index contributed by atoms with van der Waals surface area (Å²) >= 11 is 1.48. The number of nitrogens with one attached hydrogen (secondary N) is 1. The third kappa shape index (κ3) is 2.50. The molecule has 0 aliphatic heterocycles. The predicted octanol–water partition coefficient (Wildman–Crippen LogP) is 1.74. The molecule has 0 spiro atoms. The highest BCUT2D eigenvalue weighted by Crippen LogP contribution is 2.20. The van der Waals surface area contributed by atoms with Gasteiger partial charge in [-0.1, -0.05) is 0 Å². The lowest BCUT2D eigenvalue weighted by atomic mass is 9.93. The van der Waals surface area contributed by atoms with Crippen molar-refractivity contribution < 1.29 is 9.90 Å². The number of carbonyl (C=O) groups is 1. The van der Waals surface area contributed by atoms with E-state index in [1.165, 1.54) is 11.3 Å². The zero-order valence-corrected chi connectivity index (χ0v) is 11.6. The Kier molecular flexibility index (Phi) is 3.28. The SMILES string of the molecule is Cc1cn2c(C(=O)NC3CCC(O)CC3)csc2n1. The minimum absolute atomic E-state index is 0.0509. The Balaban J connectivity index is 1.73. The van der Waals surface area contributed by atoms with Crippen LogP contribution in [0.15, 0.2) is 11.6 Å². The summed E-state index contributed by atoms with van der Waals surface area (Å²) in [6.07, 6.45) is 4.93. The lowest BCUT2D eigenvalue weighted by Gasteiger charge is -2.25. The van der Waals surface area contributed by atoms with E-state index >= 15 is 0 Å². The van der Waals surface area contributed by atoms with Gasteiger partial charge in [0, 0.05) is 17.6 Å². The molecule has 1 amide bonds. The molecule has 0 radical (unpaired) electrons. The Morgan fingerprint density at radius 2 is 2.21 bits per heavy atom. The molecule has 2 aromatic rings. The maximum atomic E-state index is 12.3. The second-order valence-corrected chi connectivity index (χ2v) is 5.97. The molecule has 5 nitrogen and oxygen atoms in total. The van der Waals surface area contributed by atoms with Gasteiger partial charge in [-0.2, -0.15) is 0 Å². The lowest BCUT2D eigenvalue weighted by Crippen LogP contribution is -2.38. The molecule has 6 heteroatoms. The first-order valence-electron chi connectivity index (χ1n) is 6.55. The molecular weight excluding hydrogens is 262 g/mol. The van der Waals surface area contributed by atoms with Gasteiger partial charge in [0.2, 0.25) is 0 Å². The molecule has 0 atom stereocenters. The zero-order valence-electron chi connectivity index (χ0n) is 10.8. The fourth-order valence-electron chi connectivity index (χ4n) is 2.54. The van der Waals surface area contributed by atoms with Crippen LogP contribution in [0, 0.1) is 6.92 Å². The Morgan fingerprint density at radius 1 is 1.47 bits per heavy atom. The number of hydrogen-bond acceptors (Lipinski definition) is 4. The van der Waals surface area contributed by atoms with Crippen molar-refractivity contribution in [3.8, 4) is 0 Å². The average molecular weight is 279 g/mol. The number of carbonyl (C=O) groups excluding carboxylic acids is 1. The summed E-state index contributed by atoms with van der Waals surface area (Å²) in [7, 11) is 0. The van der Waals surface area contributed by atoms with Crippen LogP contribution in [0.3, 0.4) is 0 Å². The summed E-state index contributed by atoms with van der Waals surface area (Å²) in [5, 5.41) is 14.4. The van der Waals surface area contributed by atoms with Gasteiger partial charge in [0.1, 0.15) is 5.69 Å². The fraction of sp³-hybridized carbons (Fsp3) is 0.538. The highest BCUT2D eigenvalue weighted by atomic mass is 32.1. The second kappa shape index (κ2) is 4.94. The molecule has 1 fully saturated rings. The second-order valence-electron chi connectivity index (χ2n) is 5.13. The van der Waals surface area contributed by atoms with Crippen LogP contribution in [-0.4, -0.2) is 32.5 Å². The highest BCUT2D eigenvalue weighted by molar-refractivity contribution is 7.15. The standard InChI is InChI=1S/C13H17N3O2S/c1-8-6-16-11(7-19-13(16)14-8)12(18)15-9-2-4-10(17)5-3-9/h6-7,9-10,17H,2-5H2,1H3,(H,15,18). The van der Waals surface area contributed by atoms with Gasteiger partial charge in [-0.25, -0.2) is 4.98 Å². The molecule has 1 saturated carbocycles. The summed E-state index contributed by atoms with van der Waals surface area (Å²) in [6, 6.07) is 0.176. The van der Waals surface area contributed by atoms with Crippen molar-refractivity contribution in [3.05, 3.63) is 23.0 Å².